The van der Waals surface area contributed by atoms with Crippen molar-refractivity contribution in [3.8, 4) is 11.5 Å². The van der Waals surface area contributed by atoms with Crippen LogP contribution >= 0.6 is 0 Å². The zero-order chi connectivity index (χ0) is 13.5. The minimum absolute atomic E-state index is 0.501. The number of nitro groups is 1. The lowest BCUT2D eigenvalue weighted by molar-refractivity contribution is -0.400. The van der Waals surface area contributed by atoms with Crippen molar-refractivity contribution in [1.82, 2.24) is 0 Å². The summed E-state index contributed by atoms with van der Waals surface area (Å²) in [5, 5.41) is 10.3. The second-order valence-corrected chi connectivity index (χ2v) is 3.76. The Hall–Kier alpha value is -2.04. The second-order valence-electron chi connectivity index (χ2n) is 3.76. The Morgan fingerprint density at radius 1 is 1.28 bits per heavy atom. The van der Waals surface area contributed by atoms with Gasteiger partial charge in [0, 0.05) is 11.6 Å². The van der Waals surface area contributed by atoms with Crippen LogP contribution in [0.3, 0.4) is 0 Å². The molecule has 0 aliphatic carbocycles. The molecular weight excluding hydrogens is 234 g/mol. The summed E-state index contributed by atoms with van der Waals surface area (Å²) in [7, 11) is 3.16. The zero-order valence-corrected chi connectivity index (χ0v) is 10.8. The first kappa shape index (κ1) is 14.0. The summed E-state index contributed by atoms with van der Waals surface area (Å²) < 4.78 is 10.6. The molecule has 0 aliphatic rings. The lowest BCUT2D eigenvalue weighted by Crippen LogP contribution is -1.97. The first-order chi connectivity index (χ1) is 8.62. The van der Waals surface area contributed by atoms with Crippen LogP contribution in [0.15, 0.2) is 18.3 Å². The van der Waals surface area contributed by atoms with E-state index in [9.17, 15) is 10.1 Å². The molecule has 0 saturated carbocycles. The molecule has 0 bridgehead atoms. The first-order valence-electron chi connectivity index (χ1n) is 5.69. The third-order valence-electron chi connectivity index (χ3n) is 2.52. The molecule has 98 valence electrons. The van der Waals surface area contributed by atoms with Crippen LogP contribution < -0.4 is 9.47 Å². The molecule has 18 heavy (non-hydrogen) atoms. The summed E-state index contributed by atoms with van der Waals surface area (Å²) in [6, 6.07) is 3.54. The summed E-state index contributed by atoms with van der Waals surface area (Å²) >= 11 is 0. The largest absolute Gasteiger partial charge is 0.496 e. The normalized spacial score (nSPS) is 10.6. The summed E-state index contributed by atoms with van der Waals surface area (Å²) in [6.07, 6.45) is 4.12. The minimum atomic E-state index is -0.501. The summed E-state index contributed by atoms with van der Waals surface area (Å²) in [6.45, 7) is 2.07. The molecule has 0 atom stereocenters. The Labute approximate surface area is 106 Å². The van der Waals surface area contributed by atoms with Crippen molar-refractivity contribution < 1.29 is 14.4 Å². The monoisotopic (exact) mass is 251 g/mol. The van der Waals surface area contributed by atoms with E-state index in [4.69, 9.17) is 9.47 Å². The van der Waals surface area contributed by atoms with E-state index >= 15 is 0 Å². The smallest absolute Gasteiger partial charge is 0.235 e. The molecule has 0 unspecified atom stereocenters. The Bertz CT molecular complexity index is 429. The molecule has 5 nitrogen and oxygen atoms in total. The number of nitrogens with zero attached hydrogens (tertiary/aromatic N) is 1. The van der Waals surface area contributed by atoms with E-state index in [2.05, 4.69) is 6.92 Å². The molecule has 0 N–H and O–H groups in total. The third kappa shape index (κ3) is 3.48. The average Bonchev–Trinajstić information content (AvgIpc) is 2.37. The summed E-state index contributed by atoms with van der Waals surface area (Å²) in [5.74, 6) is 1.39. The minimum Gasteiger partial charge on any atom is -0.496 e. The SMILES string of the molecule is CCCc1c(OC)cc(C=C[N+](=O)[O-])cc1OC. The van der Waals surface area contributed by atoms with Crippen molar-refractivity contribution >= 4 is 6.08 Å². The van der Waals surface area contributed by atoms with E-state index < -0.39 is 4.92 Å². The Balaban J connectivity index is 3.21. The fourth-order valence-corrected chi connectivity index (χ4v) is 1.74. The fraction of sp³-hybridized carbons (Fsp3) is 0.385. The van der Waals surface area contributed by atoms with E-state index in [1.165, 1.54) is 6.08 Å². The Kier molecular flexibility index (Phi) is 5.17. The van der Waals surface area contributed by atoms with Crippen LogP contribution in [0.1, 0.15) is 24.5 Å². The standard InChI is InChI=1S/C13H17NO4/c1-4-5-11-12(17-2)8-10(6-7-14(15)16)9-13(11)18-3/h6-9H,4-5H2,1-3H3. The Morgan fingerprint density at radius 3 is 2.22 bits per heavy atom. The molecular formula is C13H17NO4. The van der Waals surface area contributed by atoms with Gasteiger partial charge in [0.1, 0.15) is 11.5 Å². The molecule has 0 aromatic heterocycles. The van der Waals surface area contributed by atoms with Gasteiger partial charge < -0.3 is 9.47 Å². The zero-order valence-electron chi connectivity index (χ0n) is 10.8. The highest BCUT2D eigenvalue weighted by Gasteiger charge is 2.11. The molecule has 1 aromatic carbocycles. The van der Waals surface area contributed by atoms with Gasteiger partial charge in [0.15, 0.2) is 0 Å². The number of rotatable bonds is 6. The van der Waals surface area contributed by atoms with Crippen molar-refractivity contribution in [3.05, 3.63) is 39.6 Å². The highest BCUT2D eigenvalue weighted by molar-refractivity contribution is 5.58. The van der Waals surface area contributed by atoms with E-state index in [1.807, 2.05) is 0 Å². The maximum absolute atomic E-state index is 10.3. The van der Waals surface area contributed by atoms with Gasteiger partial charge in [-0.2, -0.15) is 0 Å². The number of hydrogen-bond donors (Lipinski definition) is 0. The highest BCUT2D eigenvalue weighted by Crippen LogP contribution is 2.32. The molecule has 1 aromatic rings. The van der Waals surface area contributed by atoms with Crippen molar-refractivity contribution in [1.29, 1.82) is 0 Å². The van der Waals surface area contributed by atoms with Gasteiger partial charge in [-0.05, 0) is 24.1 Å². The van der Waals surface area contributed by atoms with Crippen molar-refractivity contribution in [2.75, 3.05) is 14.2 Å². The van der Waals surface area contributed by atoms with Gasteiger partial charge in [0.25, 0.3) is 0 Å². The van der Waals surface area contributed by atoms with E-state index in [1.54, 1.807) is 26.4 Å². The number of hydrogen-bond acceptors (Lipinski definition) is 4. The van der Waals surface area contributed by atoms with Gasteiger partial charge in [-0.1, -0.05) is 13.3 Å². The van der Waals surface area contributed by atoms with Crippen LogP contribution in [0.5, 0.6) is 11.5 Å². The van der Waals surface area contributed by atoms with Crippen LogP contribution in [-0.2, 0) is 6.42 Å². The molecule has 0 fully saturated rings. The van der Waals surface area contributed by atoms with Gasteiger partial charge >= 0.3 is 0 Å². The fourth-order valence-electron chi connectivity index (χ4n) is 1.74. The molecule has 5 heteroatoms. The maximum Gasteiger partial charge on any atom is 0.235 e. The lowest BCUT2D eigenvalue weighted by atomic mass is 10.0. The maximum atomic E-state index is 10.3. The predicted octanol–water partition coefficient (Wildman–Crippen LogP) is 2.90. The average molecular weight is 251 g/mol. The second kappa shape index (κ2) is 6.64. The molecule has 0 heterocycles. The van der Waals surface area contributed by atoms with Crippen LogP contribution in [0.4, 0.5) is 0 Å². The van der Waals surface area contributed by atoms with Crippen molar-refractivity contribution in [2.24, 2.45) is 0 Å². The van der Waals surface area contributed by atoms with Gasteiger partial charge in [-0.15, -0.1) is 0 Å². The van der Waals surface area contributed by atoms with Crippen LogP contribution in [0, 0.1) is 10.1 Å². The van der Waals surface area contributed by atoms with Crippen LogP contribution in [-0.4, -0.2) is 19.1 Å². The molecule has 0 spiro atoms. The molecule has 1 rings (SSSR count). The van der Waals surface area contributed by atoms with Gasteiger partial charge in [0.05, 0.1) is 19.1 Å². The predicted molar refractivity (Wildman–Crippen MR) is 69.6 cm³/mol. The third-order valence-corrected chi connectivity index (χ3v) is 2.52. The highest BCUT2D eigenvalue weighted by atomic mass is 16.6. The molecule has 0 radical (unpaired) electrons. The lowest BCUT2D eigenvalue weighted by Gasteiger charge is -2.13. The van der Waals surface area contributed by atoms with E-state index in [-0.39, 0.29) is 0 Å². The molecule has 0 saturated heterocycles. The van der Waals surface area contributed by atoms with E-state index in [0.29, 0.717) is 17.1 Å². The Morgan fingerprint density at radius 2 is 1.83 bits per heavy atom. The van der Waals surface area contributed by atoms with E-state index in [0.717, 1.165) is 24.6 Å². The summed E-state index contributed by atoms with van der Waals surface area (Å²) in [5.41, 5.74) is 1.67. The number of ether oxygens (including phenoxy) is 2. The van der Waals surface area contributed by atoms with Gasteiger partial charge in [0.2, 0.25) is 6.20 Å². The van der Waals surface area contributed by atoms with Crippen LogP contribution in [0.2, 0.25) is 0 Å². The number of benzene rings is 1. The van der Waals surface area contributed by atoms with Crippen molar-refractivity contribution in [2.45, 2.75) is 19.8 Å². The summed E-state index contributed by atoms with van der Waals surface area (Å²) in [4.78, 5) is 9.81. The molecule has 0 amide bonds. The molecule has 0 aliphatic heterocycles. The van der Waals surface area contributed by atoms with Gasteiger partial charge in [-0.25, -0.2) is 0 Å². The van der Waals surface area contributed by atoms with Crippen molar-refractivity contribution in [3.63, 3.8) is 0 Å². The van der Waals surface area contributed by atoms with Crippen LogP contribution in [0.25, 0.3) is 6.08 Å². The number of methoxy groups -OCH3 is 2. The quantitative estimate of drug-likeness (QED) is 0.576. The topological polar surface area (TPSA) is 61.6 Å². The first-order valence-corrected chi connectivity index (χ1v) is 5.69. The van der Waals surface area contributed by atoms with Gasteiger partial charge in [-0.3, -0.25) is 10.1 Å².